The van der Waals surface area contributed by atoms with Crippen molar-refractivity contribution in [2.75, 3.05) is 6.54 Å². The normalized spacial score (nSPS) is 16.4. The van der Waals surface area contributed by atoms with Crippen LogP contribution in [0.1, 0.15) is 53.3 Å². The SMILES string of the molecule is Cc1nc2c(c(=O)[nH]1)CCN(C(=O)CCc1n[nH]c3c1CCCC3)C2. The Hall–Kier alpha value is -2.44. The molecule has 1 aliphatic heterocycles. The fraction of sp³-hybridized carbons (Fsp3) is 0.556. The second-order valence-corrected chi connectivity index (χ2v) is 6.98. The average Bonchev–Trinajstić information content (AvgIpc) is 3.02. The van der Waals surface area contributed by atoms with Crippen molar-refractivity contribution in [3.05, 3.63) is 44.4 Å². The minimum Gasteiger partial charge on any atom is -0.336 e. The fourth-order valence-electron chi connectivity index (χ4n) is 3.92. The van der Waals surface area contributed by atoms with Crippen LogP contribution in [0.3, 0.4) is 0 Å². The van der Waals surface area contributed by atoms with Crippen LogP contribution in [0.4, 0.5) is 0 Å². The number of hydrogen-bond acceptors (Lipinski definition) is 4. The van der Waals surface area contributed by atoms with E-state index in [1.165, 1.54) is 24.1 Å². The minimum atomic E-state index is -0.0715. The van der Waals surface area contributed by atoms with Gasteiger partial charge in [-0.3, -0.25) is 14.7 Å². The Balaban J connectivity index is 1.42. The van der Waals surface area contributed by atoms with E-state index in [1.54, 1.807) is 6.92 Å². The Kier molecular flexibility index (Phi) is 4.15. The number of aromatic amines is 2. The van der Waals surface area contributed by atoms with Crippen molar-refractivity contribution in [2.45, 2.75) is 58.4 Å². The summed E-state index contributed by atoms with van der Waals surface area (Å²) in [7, 11) is 0. The number of amides is 1. The number of hydrogen-bond donors (Lipinski definition) is 2. The van der Waals surface area contributed by atoms with Gasteiger partial charge in [0.15, 0.2) is 0 Å². The maximum atomic E-state index is 12.6. The van der Waals surface area contributed by atoms with E-state index in [0.29, 0.717) is 38.2 Å². The number of nitrogens with zero attached hydrogens (tertiary/aromatic N) is 3. The van der Waals surface area contributed by atoms with Gasteiger partial charge in [0.1, 0.15) is 5.82 Å². The molecule has 2 aliphatic rings. The van der Waals surface area contributed by atoms with Gasteiger partial charge in [-0.25, -0.2) is 4.98 Å². The summed E-state index contributed by atoms with van der Waals surface area (Å²) in [5.74, 6) is 0.708. The van der Waals surface area contributed by atoms with Crippen molar-refractivity contribution in [3.63, 3.8) is 0 Å². The second kappa shape index (κ2) is 6.46. The van der Waals surface area contributed by atoms with Gasteiger partial charge in [0.25, 0.3) is 5.56 Å². The van der Waals surface area contributed by atoms with Crippen molar-refractivity contribution in [2.24, 2.45) is 0 Å². The summed E-state index contributed by atoms with van der Waals surface area (Å²) in [5.41, 5.74) is 5.00. The molecule has 0 saturated heterocycles. The highest BCUT2D eigenvalue weighted by Crippen LogP contribution is 2.23. The molecule has 0 aromatic carbocycles. The average molecular weight is 341 g/mol. The number of carbonyl (C=O) groups excluding carboxylic acids is 1. The molecule has 0 unspecified atom stereocenters. The van der Waals surface area contributed by atoms with E-state index in [0.717, 1.165) is 29.8 Å². The molecule has 4 rings (SSSR count). The van der Waals surface area contributed by atoms with Crippen LogP contribution in [0, 0.1) is 6.92 Å². The van der Waals surface area contributed by atoms with Crippen molar-refractivity contribution in [1.29, 1.82) is 0 Å². The van der Waals surface area contributed by atoms with Gasteiger partial charge < -0.3 is 9.88 Å². The zero-order chi connectivity index (χ0) is 17.4. The summed E-state index contributed by atoms with van der Waals surface area (Å²) in [4.78, 5) is 33.5. The monoisotopic (exact) mass is 341 g/mol. The number of nitrogens with one attached hydrogen (secondary N) is 2. The van der Waals surface area contributed by atoms with E-state index in [2.05, 4.69) is 20.2 Å². The first-order valence-corrected chi connectivity index (χ1v) is 9.03. The summed E-state index contributed by atoms with van der Waals surface area (Å²) in [6, 6.07) is 0. The number of carbonyl (C=O) groups is 1. The van der Waals surface area contributed by atoms with Crippen molar-refractivity contribution >= 4 is 5.91 Å². The molecule has 25 heavy (non-hydrogen) atoms. The van der Waals surface area contributed by atoms with Gasteiger partial charge in [-0.1, -0.05) is 0 Å². The molecule has 1 amide bonds. The van der Waals surface area contributed by atoms with E-state index in [9.17, 15) is 9.59 Å². The Morgan fingerprint density at radius 1 is 1.20 bits per heavy atom. The summed E-state index contributed by atoms with van der Waals surface area (Å²) in [6.45, 7) is 2.78. The van der Waals surface area contributed by atoms with Crippen LogP contribution < -0.4 is 5.56 Å². The third-order valence-corrected chi connectivity index (χ3v) is 5.26. The number of aryl methyl sites for hydroxylation is 3. The molecule has 1 aliphatic carbocycles. The van der Waals surface area contributed by atoms with Crippen LogP contribution in [0.15, 0.2) is 4.79 Å². The van der Waals surface area contributed by atoms with Gasteiger partial charge >= 0.3 is 0 Å². The molecule has 0 spiro atoms. The molecule has 2 aromatic rings. The first-order chi connectivity index (χ1) is 12.1. The van der Waals surface area contributed by atoms with Gasteiger partial charge in [-0.05, 0) is 44.6 Å². The predicted octanol–water partition coefficient (Wildman–Crippen LogP) is 1.20. The second-order valence-electron chi connectivity index (χ2n) is 6.98. The zero-order valence-electron chi connectivity index (χ0n) is 14.5. The van der Waals surface area contributed by atoms with Gasteiger partial charge in [-0.15, -0.1) is 0 Å². The summed E-state index contributed by atoms with van der Waals surface area (Å²) in [5, 5.41) is 7.55. The Morgan fingerprint density at radius 3 is 2.92 bits per heavy atom. The van der Waals surface area contributed by atoms with E-state index < -0.39 is 0 Å². The highest BCUT2D eigenvalue weighted by molar-refractivity contribution is 5.76. The van der Waals surface area contributed by atoms with Crippen LogP contribution in [0.25, 0.3) is 0 Å². The lowest BCUT2D eigenvalue weighted by Gasteiger charge is -2.27. The van der Waals surface area contributed by atoms with Crippen molar-refractivity contribution in [1.82, 2.24) is 25.1 Å². The predicted molar refractivity (Wildman–Crippen MR) is 92.3 cm³/mol. The van der Waals surface area contributed by atoms with E-state index >= 15 is 0 Å². The highest BCUT2D eigenvalue weighted by atomic mass is 16.2. The van der Waals surface area contributed by atoms with E-state index in [4.69, 9.17) is 0 Å². The van der Waals surface area contributed by atoms with Crippen LogP contribution in [-0.2, 0) is 37.0 Å². The number of H-pyrrole nitrogens is 2. The van der Waals surface area contributed by atoms with E-state index in [1.807, 2.05) is 4.90 Å². The number of aromatic nitrogens is 4. The molecular formula is C18H23N5O2. The number of fused-ring (bicyclic) bond motifs is 2. The first-order valence-electron chi connectivity index (χ1n) is 9.03. The summed E-state index contributed by atoms with van der Waals surface area (Å²) >= 11 is 0. The van der Waals surface area contributed by atoms with Crippen LogP contribution in [0.5, 0.6) is 0 Å². The first kappa shape index (κ1) is 16.1. The van der Waals surface area contributed by atoms with Crippen molar-refractivity contribution in [3.8, 4) is 0 Å². The highest BCUT2D eigenvalue weighted by Gasteiger charge is 2.24. The Bertz CT molecular complexity index is 867. The Morgan fingerprint density at radius 2 is 2.04 bits per heavy atom. The summed E-state index contributed by atoms with van der Waals surface area (Å²) < 4.78 is 0. The standard InChI is InChI=1S/C18H23N5O2/c1-11-19-16-10-23(9-8-13(16)18(25)20-11)17(24)7-6-15-12-4-2-3-5-14(12)21-22-15/h2-10H2,1H3,(H,21,22)(H,19,20,25). The van der Waals surface area contributed by atoms with Crippen LogP contribution >= 0.6 is 0 Å². The van der Waals surface area contributed by atoms with Crippen LogP contribution in [-0.4, -0.2) is 37.5 Å². The maximum Gasteiger partial charge on any atom is 0.254 e. The lowest BCUT2D eigenvalue weighted by atomic mass is 9.94. The maximum absolute atomic E-state index is 12.6. The summed E-state index contributed by atoms with van der Waals surface area (Å²) in [6.07, 6.45) is 6.26. The molecule has 0 atom stereocenters. The lowest BCUT2D eigenvalue weighted by molar-refractivity contribution is -0.132. The van der Waals surface area contributed by atoms with E-state index in [-0.39, 0.29) is 11.5 Å². The van der Waals surface area contributed by atoms with Gasteiger partial charge in [-0.2, -0.15) is 5.10 Å². The molecular weight excluding hydrogens is 318 g/mol. The van der Waals surface area contributed by atoms with Gasteiger partial charge in [0, 0.05) is 30.6 Å². The van der Waals surface area contributed by atoms with Gasteiger partial charge in [0.05, 0.1) is 17.9 Å². The molecule has 0 radical (unpaired) electrons. The fourth-order valence-corrected chi connectivity index (χ4v) is 3.92. The zero-order valence-corrected chi connectivity index (χ0v) is 14.5. The minimum absolute atomic E-state index is 0.0715. The lowest BCUT2D eigenvalue weighted by Crippen LogP contribution is -2.39. The quantitative estimate of drug-likeness (QED) is 0.877. The largest absolute Gasteiger partial charge is 0.336 e. The Labute approximate surface area is 145 Å². The topological polar surface area (TPSA) is 94.7 Å². The number of rotatable bonds is 3. The molecule has 7 nitrogen and oxygen atoms in total. The molecule has 2 aromatic heterocycles. The van der Waals surface area contributed by atoms with Gasteiger partial charge in [0.2, 0.25) is 5.91 Å². The molecule has 0 fully saturated rings. The third-order valence-electron chi connectivity index (χ3n) is 5.26. The molecule has 0 saturated carbocycles. The smallest absolute Gasteiger partial charge is 0.254 e. The third kappa shape index (κ3) is 3.10. The molecule has 132 valence electrons. The molecule has 7 heteroatoms. The van der Waals surface area contributed by atoms with Crippen molar-refractivity contribution < 1.29 is 4.79 Å². The molecule has 0 bridgehead atoms. The molecule has 2 N–H and O–H groups in total. The molecule has 3 heterocycles. The van der Waals surface area contributed by atoms with Crippen LogP contribution in [0.2, 0.25) is 0 Å².